The Morgan fingerprint density at radius 2 is 1.95 bits per heavy atom. The van der Waals surface area contributed by atoms with Gasteiger partial charge in [0, 0.05) is 17.7 Å². The summed E-state index contributed by atoms with van der Waals surface area (Å²) in [6.45, 7) is 0.452. The first-order valence-electron chi connectivity index (χ1n) is 5.85. The summed E-state index contributed by atoms with van der Waals surface area (Å²) >= 11 is 0. The third-order valence-electron chi connectivity index (χ3n) is 2.59. The molecule has 2 rings (SSSR count). The summed E-state index contributed by atoms with van der Waals surface area (Å²) in [5.74, 6) is 0.688. The summed E-state index contributed by atoms with van der Waals surface area (Å²) < 4.78 is 5.58. The highest BCUT2D eigenvalue weighted by Gasteiger charge is 2.01. The number of hydrogen-bond donors (Lipinski definition) is 1. The largest absolute Gasteiger partial charge is 0.507 e. The van der Waals surface area contributed by atoms with Gasteiger partial charge in [-0.1, -0.05) is 30.3 Å². The number of hydrogen-bond acceptors (Lipinski definition) is 3. The molecule has 0 saturated carbocycles. The van der Waals surface area contributed by atoms with Crippen molar-refractivity contribution in [2.45, 2.75) is 6.61 Å². The van der Waals surface area contributed by atoms with E-state index in [9.17, 15) is 5.11 Å². The van der Waals surface area contributed by atoms with Crippen LogP contribution in [0.25, 0.3) is 6.08 Å². The number of allylic oxidation sites excluding steroid dienone is 1. The summed E-state index contributed by atoms with van der Waals surface area (Å²) in [7, 11) is 0. The van der Waals surface area contributed by atoms with E-state index in [1.165, 1.54) is 6.08 Å². The predicted octanol–water partition coefficient (Wildman–Crippen LogP) is 3.51. The van der Waals surface area contributed by atoms with Gasteiger partial charge in [-0.3, -0.25) is 0 Å². The van der Waals surface area contributed by atoms with E-state index >= 15 is 0 Å². The maximum absolute atomic E-state index is 9.77. The molecule has 1 N–H and O–H groups in total. The monoisotopic (exact) mass is 251 g/mol. The van der Waals surface area contributed by atoms with Crippen LogP contribution in [0.3, 0.4) is 0 Å². The van der Waals surface area contributed by atoms with E-state index in [1.54, 1.807) is 24.3 Å². The molecule has 3 nitrogen and oxygen atoms in total. The molecule has 2 aromatic carbocycles. The number of aromatic hydroxyl groups is 1. The predicted molar refractivity (Wildman–Crippen MR) is 73.5 cm³/mol. The zero-order chi connectivity index (χ0) is 13.5. The minimum atomic E-state index is 0.0945. The second-order valence-electron chi connectivity index (χ2n) is 3.96. The number of phenolic OH excluding ortho intramolecular Hbond substituents is 1. The van der Waals surface area contributed by atoms with Crippen molar-refractivity contribution < 1.29 is 9.84 Å². The maximum atomic E-state index is 9.77. The Kier molecular flexibility index (Phi) is 4.20. The van der Waals surface area contributed by atoms with Gasteiger partial charge in [-0.2, -0.15) is 5.26 Å². The average Bonchev–Trinajstić information content (AvgIpc) is 2.45. The fraction of sp³-hybridized carbons (Fsp3) is 0.0625. The molecule has 2 aromatic rings. The van der Waals surface area contributed by atoms with Gasteiger partial charge in [-0.05, 0) is 23.8 Å². The van der Waals surface area contributed by atoms with Gasteiger partial charge in [-0.25, -0.2) is 0 Å². The van der Waals surface area contributed by atoms with Crippen molar-refractivity contribution in [3.05, 3.63) is 65.7 Å². The molecule has 0 radical (unpaired) electrons. The molecule has 0 unspecified atom stereocenters. The third-order valence-corrected chi connectivity index (χ3v) is 2.59. The molecule has 0 aliphatic carbocycles. The molecule has 0 aliphatic rings. The van der Waals surface area contributed by atoms with Gasteiger partial charge >= 0.3 is 0 Å². The van der Waals surface area contributed by atoms with Gasteiger partial charge < -0.3 is 9.84 Å². The van der Waals surface area contributed by atoms with E-state index in [0.717, 1.165) is 5.56 Å². The van der Waals surface area contributed by atoms with Crippen molar-refractivity contribution >= 4 is 6.08 Å². The normalized spacial score (nSPS) is 10.3. The number of rotatable bonds is 4. The van der Waals surface area contributed by atoms with Crippen molar-refractivity contribution in [2.75, 3.05) is 0 Å². The highest BCUT2D eigenvalue weighted by atomic mass is 16.5. The molecule has 0 spiro atoms. The fourth-order valence-electron chi connectivity index (χ4n) is 1.62. The quantitative estimate of drug-likeness (QED) is 0.846. The van der Waals surface area contributed by atoms with Crippen LogP contribution in [0.4, 0.5) is 0 Å². The summed E-state index contributed by atoms with van der Waals surface area (Å²) in [6, 6.07) is 16.7. The Hall–Kier alpha value is -2.73. The van der Waals surface area contributed by atoms with Gasteiger partial charge in [0.15, 0.2) is 0 Å². The van der Waals surface area contributed by atoms with Crippen molar-refractivity contribution in [3.63, 3.8) is 0 Å². The van der Waals surface area contributed by atoms with E-state index in [4.69, 9.17) is 10.00 Å². The van der Waals surface area contributed by atoms with Gasteiger partial charge in [-0.15, -0.1) is 0 Å². The molecule has 0 aromatic heterocycles. The smallest absolute Gasteiger partial charge is 0.126 e. The summed E-state index contributed by atoms with van der Waals surface area (Å²) in [5.41, 5.74) is 1.66. The lowest BCUT2D eigenvalue weighted by molar-refractivity contribution is 0.304. The Balaban J connectivity index is 2.04. The van der Waals surface area contributed by atoms with E-state index in [2.05, 4.69) is 0 Å². The van der Waals surface area contributed by atoms with Crippen LogP contribution in [-0.2, 0) is 6.61 Å². The molecule has 3 heteroatoms. The Bertz CT molecular complexity index is 612. The molecule has 0 fully saturated rings. The lowest BCUT2D eigenvalue weighted by atomic mass is 10.2. The van der Waals surface area contributed by atoms with Crippen LogP contribution >= 0.6 is 0 Å². The Morgan fingerprint density at radius 3 is 2.63 bits per heavy atom. The summed E-state index contributed by atoms with van der Waals surface area (Å²) in [5, 5.41) is 18.2. The molecular weight excluding hydrogens is 238 g/mol. The number of benzene rings is 2. The molecule has 0 saturated heterocycles. The molecule has 19 heavy (non-hydrogen) atoms. The molecule has 0 aliphatic heterocycles. The van der Waals surface area contributed by atoms with Gasteiger partial charge in [0.2, 0.25) is 0 Å². The van der Waals surface area contributed by atoms with Gasteiger partial charge in [0.1, 0.15) is 18.1 Å². The minimum absolute atomic E-state index is 0.0945. The van der Waals surface area contributed by atoms with E-state index in [1.807, 2.05) is 36.4 Å². The standard InChI is InChI=1S/C16H13NO2/c17-10-4-7-14-8-9-15(11-16(14)18)19-12-13-5-2-1-3-6-13/h1-9,11,18H,12H2. The van der Waals surface area contributed by atoms with E-state index in [-0.39, 0.29) is 5.75 Å². The van der Waals surface area contributed by atoms with Gasteiger partial charge in [0.05, 0.1) is 6.07 Å². The first-order valence-corrected chi connectivity index (χ1v) is 5.85. The van der Waals surface area contributed by atoms with Gasteiger partial charge in [0.25, 0.3) is 0 Å². The molecule has 94 valence electrons. The number of phenols is 1. The van der Waals surface area contributed by atoms with Crippen LogP contribution in [0, 0.1) is 11.3 Å². The lowest BCUT2D eigenvalue weighted by Crippen LogP contribution is -1.94. The number of nitrogens with zero attached hydrogens (tertiary/aromatic N) is 1. The van der Waals surface area contributed by atoms with E-state index in [0.29, 0.717) is 17.9 Å². The number of nitriles is 1. The molecular formula is C16H13NO2. The third kappa shape index (κ3) is 3.62. The second kappa shape index (κ2) is 6.27. The number of ether oxygens (including phenoxy) is 1. The Labute approximate surface area is 112 Å². The second-order valence-corrected chi connectivity index (χ2v) is 3.96. The lowest BCUT2D eigenvalue weighted by Gasteiger charge is -2.07. The minimum Gasteiger partial charge on any atom is -0.507 e. The zero-order valence-electron chi connectivity index (χ0n) is 10.3. The molecule has 0 heterocycles. The molecule has 0 bridgehead atoms. The van der Waals surface area contributed by atoms with Crippen LogP contribution in [0.1, 0.15) is 11.1 Å². The van der Waals surface area contributed by atoms with Crippen LogP contribution in [0.5, 0.6) is 11.5 Å². The van der Waals surface area contributed by atoms with Crippen LogP contribution in [-0.4, -0.2) is 5.11 Å². The highest BCUT2D eigenvalue weighted by Crippen LogP contribution is 2.25. The summed E-state index contributed by atoms with van der Waals surface area (Å²) in [4.78, 5) is 0. The summed E-state index contributed by atoms with van der Waals surface area (Å²) in [6.07, 6.45) is 2.87. The topological polar surface area (TPSA) is 53.2 Å². The average molecular weight is 251 g/mol. The maximum Gasteiger partial charge on any atom is 0.126 e. The fourth-order valence-corrected chi connectivity index (χ4v) is 1.62. The zero-order valence-corrected chi connectivity index (χ0v) is 10.3. The molecule has 0 atom stereocenters. The first-order chi connectivity index (χ1) is 9.29. The van der Waals surface area contributed by atoms with Crippen LogP contribution in [0.15, 0.2) is 54.6 Å². The SMILES string of the molecule is N#CC=Cc1ccc(OCc2ccccc2)cc1O. The highest BCUT2D eigenvalue weighted by molar-refractivity contribution is 5.60. The van der Waals surface area contributed by atoms with Crippen LogP contribution in [0.2, 0.25) is 0 Å². The first kappa shape index (κ1) is 12.7. The molecule has 0 amide bonds. The van der Waals surface area contributed by atoms with Crippen molar-refractivity contribution in [3.8, 4) is 17.6 Å². The van der Waals surface area contributed by atoms with Crippen LogP contribution < -0.4 is 4.74 Å². The van der Waals surface area contributed by atoms with E-state index < -0.39 is 0 Å². The van der Waals surface area contributed by atoms with Crippen molar-refractivity contribution in [1.29, 1.82) is 5.26 Å². The van der Waals surface area contributed by atoms with Crippen molar-refractivity contribution in [1.82, 2.24) is 0 Å². The Morgan fingerprint density at radius 1 is 1.16 bits per heavy atom. The van der Waals surface area contributed by atoms with Crippen molar-refractivity contribution in [2.24, 2.45) is 0 Å².